The maximum atomic E-state index is 12.2. The van der Waals surface area contributed by atoms with Crippen molar-refractivity contribution in [2.75, 3.05) is 5.32 Å². The molecule has 0 saturated heterocycles. The molecule has 0 radical (unpaired) electrons. The minimum Gasteiger partial charge on any atom is -0.359 e. The summed E-state index contributed by atoms with van der Waals surface area (Å²) in [6.07, 6.45) is 8.52. The third-order valence-electron chi connectivity index (χ3n) is 3.17. The van der Waals surface area contributed by atoms with Gasteiger partial charge < -0.3 is 9.88 Å². The molecule has 1 aliphatic rings. The number of nitrogens with one attached hydrogen (secondary N) is 1. The molecule has 1 aliphatic carbocycles. The molecule has 0 spiro atoms. The number of thiazole rings is 1. The first-order chi connectivity index (χ1) is 9.28. The van der Waals surface area contributed by atoms with Crippen molar-refractivity contribution in [3.8, 4) is 0 Å². The highest BCUT2D eigenvalue weighted by Gasteiger charge is 2.25. The van der Waals surface area contributed by atoms with Crippen LogP contribution in [-0.4, -0.2) is 14.5 Å². The number of hydrogen-bond donors (Lipinski definition) is 1. The minimum atomic E-state index is -0.0303. The van der Waals surface area contributed by atoms with Crippen molar-refractivity contribution < 1.29 is 0 Å². The van der Waals surface area contributed by atoms with E-state index in [1.54, 1.807) is 28.3 Å². The van der Waals surface area contributed by atoms with Gasteiger partial charge in [-0.05, 0) is 19.3 Å². The smallest absolute Gasteiger partial charge is 0.293 e. The van der Waals surface area contributed by atoms with Gasteiger partial charge in [-0.15, -0.1) is 11.3 Å². The average molecular weight is 276 g/mol. The van der Waals surface area contributed by atoms with E-state index in [1.807, 2.05) is 6.20 Å². The number of nitrogens with zero attached hydrogens (tertiary/aromatic N) is 3. The summed E-state index contributed by atoms with van der Waals surface area (Å²) in [5.74, 6) is 0.419. The lowest BCUT2D eigenvalue weighted by molar-refractivity contribution is 0.699. The van der Waals surface area contributed by atoms with Gasteiger partial charge in [0.25, 0.3) is 5.56 Å². The van der Waals surface area contributed by atoms with E-state index >= 15 is 0 Å². The molecular formula is C13H16N4OS. The number of aromatic nitrogens is 3. The lowest BCUT2D eigenvalue weighted by atomic mass is 10.4. The Hall–Kier alpha value is -1.69. The van der Waals surface area contributed by atoms with Crippen LogP contribution in [0.25, 0.3) is 0 Å². The van der Waals surface area contributed by atoms with Crippen molar-refractivity contribution in [1.29, 1.82) is 0 Å². The normalized spacial score (nSPS) is 14.6. The number of rotatable bonds is 5. The van der Waals surface area contributed by atoms with Crippen LogP contribution in [0.3, 0.4) is 0 Å². The van der Waals surface area contributed by atoms with Crippen LogP contribution in [0.4, 0.5) is 5.82 Å². The van der Waals surface area contributed by atoms with Gasteiger partial charge in [0, 0.05) is 29.5 Å². The molecule has 1 N–H and O–H groups in total. The third-order valence-corrected chi connectivity index (χ3v) is 4.31. The maximum absolute atomic E-state index is 12.2. The monoisotopic (exact) mass is 276 g/mol. The zero-order valence-corrected chi connectivity index (χ0v) is 11.6. The predicted molar refractivity (Wildman–Crippen MR) is 75.6 cm³/mol. The summed E-state index contributed by atoms with van der Waals surface area (Å²) in [7, 11) is 0. The van der Waals surface area contributed by atoms with Gasteiger partial charge in [0.1, 0.15) is 5.01 Å². The number of aryl methyl sites for hydroxylation is 1. The van der Waals surface area contributed by atoms with E-state index < -0.39 is 0 Å². The molecule has 100 valence electrons. The first kappa shape index (κ1) is 12.3. The summed E-state index contributed by atoms with van der Waals surface area (Å²) in [6, 6.07) is 0.377. The van der Waals surface area contributed by atoms with Crippen molar-refractivity contribution >= 4 is 17.2 Å². The molecule has 1 saturated carbocycles. The molecule has 1 fully saturated rings. The van der Waals surface area contributed by atoms with Crippen LogP contribution in [0.5, 0.6) is 0 Å². The van der Waals surface area contributed by atoms with E-state index in [0.717, 1.165) is 24.3 Å². The van der Waals surface area contributed by atoms with Gasteiger partial charge in [-0.3, -0.25) is 4.79 Å². The van der Waals surface area contributed by atoms with Crippen LogP contribution in [0.2, 0.25) is 0 Å². The number of anilines is 1. The molecule has 3 rings (SSSR count). The van der Waals surface area contributed by atoms with Crippen molar-refractivity contribution in [2.45, 2.75) is 38.8 Å². The zero-order chi connectivity index (χ0) is 13.2. The summed E-state index contributed by atoms with van der Waals surface area (Å²) < 4.78 is 1.77. The summed E-state index contributed by atoms with van der Waals surface area (Å²) in [5, 5.41) is 4.08. The van der Waals surface area contributed by atoms with Gasteiger partial charge in [0.05, 0.1) is 6.54 Å². The van der Waals surface area contributed by atoms with E-state index in [-0.39, 0.29) is 5.56 Å². The fraction of sp³-hybridized carbons (Fsp3) is 0.462. The number of hydrogen-bond acceptors (Lipinski definition) is 5. The second kappa shape index (κ2) is 5.13. The predicted octanol–water partition coefficient (Wildman–Crippen LogP) is 2.21. The Morgan fingerprint density at radius 2 is 2.32 bits per heavy atom. The van der Waals surface area contributed by atoms with E-state index in [2.05, 4.69) is 22.2 Å². The zero-order valence-electron chi connectivity index (χ0n) is 10.8. The quantitative estimate of drug-likeness (QED) is 0.909. The van der Waals surface area contributed by atoms with Crippen LogP contribution in [0, 0.1) is 0 Å². The molecule has 6 heteroatoms. The van der Waals surface area contributed by atoms with Gasteiger partial charge >= 0.3 is 0 Å². The van der Waals surface area contributed by atoms with E-state index in [4.69, 9.17) is 0 Å². The van der Waals surface area contributed by atoms with Crippen molar-refractivity contribution in [2.24, 2.45) is 0 Å². The summed E-state index contributed by atoms with van der Waals surface area (Å²) in [5.41, 5.74) is -0.0303. The Morgan fingerprint density at radius 3 is 3.00 bits per heavy atom. The fourth-order valence-electron chi connectivity index (χ4n) is 1.94. The van der Waals surface area contributed by atoms with E-state index in [0.29, 0.717) is 18.4 Å². The van der Waals surface area contributed by atoms with Crippen molar-refractivity contribution in [3.05, 3.63) is 38.8 Å². The van der Waals surface area contributed by atoms with Crippen LogP contribution in [-0.2, 0) is 13.0 Å². The Morgan fingerprint density at radius 1 is 1.47 bits per heavy atom. The Kier molecular flexibility index (Phi) is 3.33. The van der Waals surface area contributed by atoms with Gasteiger partial charge in [-0.1, -0.05) is 6.92 Å². The van der Waals surface area contributed by atoms with Crippen LogP contribution in [0.1, 0.15) is 35.7 Å². The summed E-state index contributed by atoms with van der Waals surface area (Å²) >= 11 is 1.67. The highest BCUT2D eigenvalue weighted by molar-refractivity contribution is 7.11. The lowest BCUT2D eigenvalue weighted by Gasteiger charge is -2.06. The van der Waals surface area contributed by atoms with Gasteiger partial charge in [0.15, 0.2) is 5.82 Å². The van der Waals surface area contributed by atoms with Crippen LogP contribution >= 0.6 is 11.3 Å². The van der Waals surface area contributed by atoms with Gasteiger partial charge in [0.2, 0.25) is 0 Å². The highest BCUT2D eigenvalue weighted by Crippen LogP contribution is 2.33. The molecule has 0 aliphatic heterocycles. The molecular weight excluding hydrogens is 260 g/mol. The molecule has 0 unspecified atom stereocenters. The first-order valence-electron chi connectivity index (χ1n) is 6.52. The average Bonchev–Trinajstić information content (AvgIpc) is 3.16. The van der Waals surface area contributed by atoms with Crippen LogP contribution < -0.4 is 10.9 Å². The SMILES string of the molecule is CCc1cnc(CNc2nccn(C3CC3)c2=O)s1. The first-order valence-corrected chi connectivity index (χ1v) is 7.34. The second-order valence-corrected chi connectivity index (χ2v) is 5.85. The molecule has 0 aromatic carbocycles. The van der Waals surface area contributed by atoms with Crippen molar-refractivity contribution in [1.82, 2.24) is 14.5 Å². The van der Waals surface area contributed by atoms with Gasteiger partial charge in [-0.2, -0.15) is 0 Å². The largest absolute Gasteiger partial charge is 0.359 e. The molecule has 2 aromatic rings. The highest BCUT2D eigenvalue weighted by atomic mass is 32.1. The topological polar surface area (TPSA) is 59.8 Å². The molecule has 5 nitrogen and oxygen atoms in total. The maximum Gasteiger partial charge on any atom is 0.293 e. The minimum absolute atomic E-state index is 0.0303. The molecule has 0 atom stereocenters. The Labute approximate surface area is 115 Å². The molecule has 19 heavy (non-hydrogen) atoms. The summed E-state index contributed by atoms with van der Waals surface area (Å²) in [6.45, 7) is 2.67. The lowest BCUT2D eigenvalue weighted by Crippen LogP contribution is -2.23. The van der Waals surface area contributed by atoms with Crippen molar-refractivity contribution in [3.63, 3.8) is 0 Å². The summed E-state index contributed by atoms with van der Waals surface area (Å²) in [4.78, 5) is 21.9. The Balaban J connectivity index is 1.72. The fourth-order valence-corrected chi connectivity index (χ4v) is 2.74. The molecule has 0 amide bonds. The van der Waals surface area contributed by atoms with Crippen LogP contribution in [0.15, 0.2) is 23.4 Å². The molecule has 0 bridgehead atoms. The standard InChI is InChI=1S/C13H16N4OS/c1-2-10-7-15-11(19-10)8-16-12-13(18)17(6-5-14-12)9-3-4-9/h5-7,9H,2-4,8H2,1H3,(H,14,16). The third kappa shape index (κ3) is 2.68. The second-order valence-electron chi connectivity index (χ2n) is 4.65. The van der Waals surface area contributed by atoms with E-state index in [9.17, 15) is 4.79 Å². The van der Waals surface area contributed by atoms with E-state index in [1.165, 1.54) is 4.88 Å². The van der Waals surface area contributed by atoms with Gasteiger partial charge in [-0.25, -0.2) is 9.97 Å². The molecule has 2 heterocycles. The molecule has 2 aromatic heterocycles. The Bertz CT molecular complexity index is 630.